The minimum absolute atomic E-state index is 0.123. The molecule has 0 radical (unpaired) electrons. The van der Waals surface area contributed by atoms with Crippen LogP contribution in [0.25, 0.3) is 0 Å². The standard InChI is InChI=1S/C20H15F3N4O2/c21-20(22,23)13-29-17-8-7-16(11-15(17)12-24)26-19(28)18(27-10-4-9-25-27)14-5-2-1-3-6-14/h1-11,18H,13H2,(H,26,28). The Hall–Kier alpha value is -3.80. The molecular weight excluding hydrogens is 385 g/mol. The molecular formula is C20H15F3N4O2. The molecule has 0 aliphatic carbocycles. The Bertz CT molecular complexity index is 1010. The first-order valence-electron chi connectivity index (χ1n) is 8.46. The number of hydrogen-bond acceptors (Lipinski definition) is 4. The van der Waals surface area contributed by atoms with Gasteiger partial charge in [-0.25, -0.2) is 0 Å². The second-order valence-electron chi connectivity index (χ2n) is 6.02. The van der Waals surface area contributed by atoms with Crippen molar-refractivity contribution in [3.05, 3.63) is 78.1 Å². The Morgan fingerprint density at radius 2 is 1.97 bits per heavy atom. The van der Waals surface area contributed by atoms with Crippen LogP contribution in [0.3, 0.4) is 0 Å². The van der Waals surface area contributed by atoms with E-state index in [4.69, 9.17) is 0 Å². The van der Waals surface area contributed by atoms with Crippen molar-refractivity contribution in [2.45, 2.75) is 12.2 Å². The fourth-order valence-electron chi connectivity index (χ4n) is 2.68. The maximum atomic E-state index is 12.9. The zero-order valence-electron chi connectivity index (χ0n) is 14.9. The maximum Gasteiger partial charge on any atom is 0.422 e. The first-order valence-corrected chi connectivity index (χ1v) is 8.46. The minimum atomic E-state index is -4.52. The minimum Gasteiger partial charge on any atom is -0.483 e. The van der Waals surface area contributed by atoms with Gasteiger partial charge in [0.15, 0.2) is 12.6 Å². The molecule has 0 fully saturated rings. The summed E-state index contributed by atoms with van der Waals surface area (Å²) in [5.41, 5.74) is 0.820. The lowest BCUT2D eigenvalue weighted by Gasteiger charge is -2.18. The Labute approximate surface area is 164 Å². The Kier molecular flexibility index (Phi) is 5.83. The van der Waals surface area contributed by atoms with E-state index in [1.807, 2.05) is 6.07 Å². The number of ether oxygens (including phenoxy) is 1. The first kappa shape index (κ1) is 19.9. The number of nitriles is 1. The van der Waals surface area contributed by atoms with Gasteiger partial charge in [-0.15, -0.1) is 0 Å². The number of nitrogens with one attached hydrogen (secondary N) is 1. The lowest BCUT2D eigenvalue weighted by atomic mass is 10.1. The monoisotopic (exact) mass is 400 g/mol. The van der Waals surface area contributed by atoms with Crippen LogP contribution in [0.1, 0.15) is 17.2 Å². The number of aromatic nitrogens is 2. The van der Waals surface area contributed by atoms with Crippen LogP contribution in [0.4, 0.5) is 18.9 Å². The topological polar surface area (TPSA) is 79.9 Å². The zero-order chi connectivity index (χ0) is 20.9. The van der Waals surface area contributed by atoms with Gasteiger partial charge >= 0.3 is 6.18 Å². The molecule has 1 aromatic heterocycles. The normalized spacial score (nSPS) is 12.1. The molecule has 6 nitrogen and oxygen atoms in total. The smallest absolute Gasteiger partial charge is 0.422 e. The lowest BCUT2D eigenvalue weighted by Crippen LogP contribution is -2.27. The van der Waals surface area contributed by atoms with Crippen LogP contribution >= 0.6 is 0 Å². The fourth-order valence-corrected chi connectivity index (χ4v) is 2.68. The molecule has 0 aliphatic rings. The molecule has 3 aromatic rings. The van der Waals surface area contributed by atoms with Crippen LogP contribution in [-0.2, 0) is 4.79 Å². The second-order valence-corrected chi connectivity index (χ2v) is 6.02. The molecule has 0 spiro atoms. The molecule has 1 heterocycles. The second kappa shape index (κ2) is 8.48. The van der Waals surface area contributed by atoms with Gasteiger partial charge in [0.05, 0.1) is 5.56 Å². The van der Waals surface area contributed by atoms with Gasteiger partial charge in [-0.1, -0.05) is 30.3 Å². The maximum absolute atomic E-state index is 12.9. The fraction of sp³-hybridized carbons (Fsp3) is 0.150. The quantitative estimate of drug-likeness (QED) is 0.680. The summed E-state index contributed by atoms with van der Waals surface area (Å²) in [4.78, 5) is 12.9. The van der Waals surface area contributed by atoms with E-state index in [9.17, 15) is 23.2 Å². The van der Waals surface area contributed by atoms with E-state index >= 15 is 0 Å². The summed E-state index contributed by atoms with van der Waals surface area (Å²) >= 11 is 0. The summed E-state index contributed by atoms with van der Waals surface area (Å²) in [6.45, 7) is -1.51. The van der Waals surface area contributed by atoms with Crippen molar-refractivity contribution >= 4 is 11.6 Å². The molecule has 1 atom stereocenters. The number of hydrogen-bond donors (Lipinski definition) is 1. The predicted octanol–water partition coefficient (Wildman–Crippen LogP) is 3.92. The summed E-state index contributed by atoms with van der Waals surface area (Å²) < 4.78 is 43.2. The number of anilines is 1. The van der Waals surface area contributed by atoms with Crippen molar-refractivity contribution in [2.75, 3.05) is 11.9 Å². The van der Waals surface area contributed by atoms with Crippen LogP contribution in [0, 0.1) is 11.3 Å². The SMILES string of the molecule is N#Cc1cc(NC(=O)C(c2ccccc2)n2cccn2)ccc1OCC(F)(F)F. The van der Waals surface area contributed by atoms with Gasteiger partial charge in [-0.3, -0.25) is 9.48 Å². The van der Waals surface area contributed by atoms with Gasteiger partial charge in [0, 0.05) is 18.1 Å². The van der Waals surface area contributed by atoms with Crippen molar-refractivity contribution in [2.24, 2.45) is 0 Å². The van der Waals surface area contributed by atoms with Gasteiger partial charge in [-0.2, -0.15) is 23.5 Å². The largest absolute Gasteiger partial charge is 0.483 e. The van der Waals surface area contributed by atoms with Gasteiger partial charge in [0.1, 0.15) is 11.8 Å². The van der Waals surface area contributed by atoms with Crippen molar-refractivity contribution in [1.29, 1.82) is 5.26 Å². The highest BCUT2D eigenvalue weighted by Crippen LogP contribution is 2.26. The molecule has 2 aromatic carbocycles. The number of rotatable bonds is 6. The van der Waals surface area contributed by atoms with E-state index in [0.29, 0.717) is 5.56 Å². The van der Waals surface area contributed by atoms with Crippen LogP contribution in [0.5, 0.6) is 5.75 Å². The van der Waals surface area contributed by atoms with Gasteiger partial charge in [0.25, 0.3) is 5.91 Å². The number of benzene rings is 2. The van der Waals surface area contributed by atoms with Crippen LogP contribution in [0.15, 0.2) is 67.0 Å². The lowest BCUT2D eigenvalue weighted by molar-refractivity contribution is -0.153. The summed E-state index contributed by atoms with van der Waals surface area (Å²) in [5.74, 6) is -0.637. The Morgan fingerprint density at radius 1 is 1.21 bits per heavy atom. The van der Waals surface area contributed by atoms with Crippen molar-refractivity contribution in [3.8, 4) is 11.8 Å². The number of alkyl halides is 3. The molecule has 0 aliphatic heterocycles. The Balaban J connectivity index is 1.82. The average molecular weight is 400 g/mol. The molecule has 1 N–H and O–H groups in total. The van der Waals surface area contributed by atoms with Crippen molar-refractivity contribution < 1.29 is 22.7 Å². The number of carbonyl (C=O) groups excluding carboxylic acids is 1. The van der Waals surface area contributed by atoms with Crippen LogP contribution in [0.2, 0.25) is 0 Å². The number of nitrogens with zero attached hydrogens (tertiary/aromatic N) is 3. The zero-order valence-corrected chi connectivity index (χ0v) is 14.9. The third kappa shape index (κ3) is 5.13. The molecule has 1 amide bonds. The van der Waals surface area contributed by atoms with E-state index in [1.54, 1.807) is 48.8 Å². The summed E-state index contributed by atoms with van der Waals surface area (Å²) in [5, 5.41) is 16.0. The third-order valence-electron chi connectivity index (χ3n) is 3.91. The van der Waals surface area contributed by atoms with E-state index in [-0.39, 0.29) is 17.0 Å². The van der Waals surface area contributed by atoms with Gasteiger partial charge in [0.2, 0.25) is 0 Å². The van der Waals surface area contributed by atoms with Gasteiger partial charge < -0.3 is 10.1 Å². The molecule has 29 heavy (non-hydrogen) atoms. The number of halogens is 3. The van der Waals surface area contributed by atoms with E-state index < -0.39 is 24.7 Å². The molecule has 0 saturated carbocycles. The summed E-state index contributed by atoms with van der Waals surface area (Å²) in [6, 6.07) is 15.5. The predicted molar refractivity (Wildman–Crippen MR) is 98.1 cm³/mol. The van der Waals surface area contributed by atoms with Crippen LogP contribution < -0.4 is 10.1 Å². The molecule has 3 rings (SSSR count). The highest BCUT2D eigenvalue weighted by molar-refractivity contribution is 5.96. The molecule has 0 bridgehead atoms. The average Bonchev–Trinajstić information content (AvgIpc) is 3.21. The first-order chi connectivity index (χ1) is 13.9. The number of carbonyl (C=O) groups is 1. The molecule has 0 saturated heterocycles. The highest BCUT2D eigenvalue weighted by Gasteiger charge is 2.29. The van der Waals surface area contributed by atoms with Crippen molar-refractivity contribution in [1.82, 2.24) is 9.78 Å². The van der Waals surface area contributed by atoms with Crippen molar-refractivity contribution in [3.63, 3.8) is 0 Å². The van der Waals surface area contributed by atoms with Gasteiger partial charge in [-0.05, 0) is 29.8 Å². The summed E-state index contributed by atoms with van der Waals surface area (Å²) in [6.07, 6.45) is -1.33. The molecule has 1 unspecified atom stereocenters. The Morgan fingerprint density at radius 3 is 2.59 bits per heavy atom. The highest BCUT2D eigenvalue weighted by atomic mass is 19.4. The molecule has 9 heteroatoms. The van der Waals surface area contributed by atoms with E-state index in [0.717, 1.165) is 0 Å². The number of amides is 1. The van der Waals surface area contributed by atoms with E-state index in [1.165, 1.54) is 22.9 Å². The third-order valence-corrected chi connectivity index (χ3v) is 3.91. The summed E-state index contributed by atoms with van der Waals surface area (Å²) in [7, 11) is 0. The molecule has 148 valence electrons. The van der Waals surface area contributed by atoms with Crippen LogP contribution in [-0.4, -0.2) is 28.5 Å². The van der Waals surface area contributed by atoms with E-state index in [2.05, 4.69) is 15.2 Å².